The molecule has 35 heavy (non-hydrogen) atoms. The number of nitrogens with one attached hydrogen (secondary N) is 2. The summed E-state index contributed by atoms with van der Waals surface area (Å²) in [4.78, 5) is 24.1. The van der Waals surface area contributed by atoms with Crippen molar-refractivity contribution in [3.8, 4) is 22.6 Å². The zero-order chi connectivity index (χ0) is 24.9. The molecule has 0 atom stereocenters. The lowest BCUT2D eigenvalue weighted by molar-refractivity contribution is -0.114. The first-order valence-electron chi connectivity index (χ1n) is 11.0. The van der Waals surface area contributed by atoms with Crippen LogP contribution in [0.25, 0.3) is 27.7 Å². The Hall–Kier alpha value is -4.52. The molecule has 7 nitrogen and oxygen atoms in total. The van der Waals surface area contributed by atoms with Gasteiger partial charge in [0.1, 0.15) is 17.1 Å². The van der Waals surface area contributed by atoms with Crippen LogP contribution in [0.1, 0.15) is 19.4 Å². The van der Waals surface area contributed by atoms with Crippen LogP contribution in [-0.2, 0) is 9.59 Å². The standard InChI is InChI=1S/C28H26N2O5/c1-17(11-28(32)30-21-9-6-8-20(13-21)29-18(2)31)23-14-24-25(16-35-27(24)15-26(23)34-4)19-7-5-10-22(12-19)33-3/h5-16H,1-4H3,(H,29,31)(H,30,32)/b17-11+. The van der Waals surface area contributed by atoms with Crippen LogP contribution in [0.15, 0.2) is 77.4 Å². The fourth-order valence-corrected chi connectivity index (χ4v) is 3.88. The Bertz CT molecular complexity index is 1430. The number of carbonyl (C=O) groups excluding carboxylic acids is 2. The molecular formula is C28H26N2O5. The molecule has 1 aromatic heterocycles. The third-order valence-corrected chi connectivity index (χ3v) is 5.50. The Morgan fingerprint density at radius 1 is 0.886 bits per heavy atom. The van der Waals surface area contributed by atoms with Crippen molar-refractivity contribution in [2.75, 3.05) is 24.9 Å². The largest absolute Gasteiger partial charge is 0.497 e. The summed E-state index contributed by atoms with van der Waals surface area (Å²) in [5, 5.41) is 6.43. The van der Waals surface area contributed by atoms with Crippen LogP contribution in [0.4, 0.5) is 11.4 Å². The minimum absolute atomic E-state index is 0.181. The van der Waals surface area contributed by atoms with Gasteiger partial charge in [-0.1, -0.05) is 18.2 Å². The highest BCUT2D eigenvalue weighted by atomic mass is 16.5. The number of rotatable bonds is 7. The highest BCUT2D eigenvalue weighted by Gasteiger charge is 2.15. The number of benzene rings is 3. The molecule has 0 radical (unpaired) electrons. The van der Waals surface area contributed by atoms with Crippen molar-refractivity contribution < 1.29 is 23.5 Å². The second-order valence-corrected chi connectivity index (χ2v) is 8.01. The molecule has 0 spiro atoms. The quantitative estimate of drug-likeness (QED) is 0.318. The number of hydrogen-bond donors (Lipinski definition) is 2. The molecule has 2 amide bonds. The Labute approximate surface area is 203 Å². The van der Waals surface area contributed by atoms with Crippen LogP contribution in [0.5, 0.6) is 11.5 Å². The molecule has 0 fully saturated rings. The zero-order valence-electron chi connectivity index (χ0n) is 20.0. The third-order valence-electron chi connectivity index (χ3n) is 5.50. The van der Waals surface area contributed by atoms with Gasteiger partial charge in [-0.2, -0.15) is 0 Å². The van der Waals surface area contributed by atoms with E-state index in [4.69, 9.17) is 13.9 Å². The molecule has 0 bridgehead atoms. The van der Waals surface area contributed by atoms with Gasteiger partial charge in [0.2, 0.25) is 11.8 Å². The number of methoxy groups -OCH3 is 2. The van der Waals surface area contributed by atoms with E-state index >= 15 is 0 Å². The maximum Gasteiger partial charge on any atom is 0.248 e. The van der Waals surface area contributed by atoms with Crippen molar-refractivity contribution >= 4 is 39.7 Å². The molecule has 0 saturated carbocycles. The van der Waals surface area contributed by atoms with Crippen molar-refractivity contribution in [3.63, 3.8) is 0 Å². The van der Waals surface area contributed by atoms with E-state index in [0.717, 1.165) is 33.4 Å². The zero-order valence-corrected chi connectivity index (χ0v) is 20.0. The number of fused-ring (bicyclic) bond motifs is 1. The minimum Gasteiger partial charge on any atom is -0.497 e. The highest BCUT2D eigenvalue weighted by Crippen LogP contribution is 2.38. The molecule has 0 aliphatic rings. The molecule has 7 heteroatoms. The monoisotopic (exact) mass is 470 g/mol. The van der Waals surface area contributed by atoms with Crippen molar-refractivity contribution in [2.24, 2.45) is 0 Å². The summed E-state index contributed by atoms with van der Waals surface area (Å²) in [5.74, 6) is 0.864. The van der Waals surface area contributed by atoms with Crippen molar-refractivity contribution in [1.29, 1.82) is 0 Å². The van der Waals surface area contributed by atoms with Gasteiger partial charge < -0.3 is 24.5 Å². The van der Waals surface area contributed by atoms with Gasteiger partial charge in [-0.15, -0.1) is 0 Å². The number of allylic oxidation sites excluding steroid dienone is 1. The van der Waals surface area contributed by atoms with Crippen LogP contribution in [-0.4, -0.2) is 26.0 Å². The number of hydrogen-bond acceptors (Lipinski definition) is 5. The van der Waals surface area contributed by atoms with Crippen molar-refractivity contribution in [1.82, 2.24) is 0 Å². The maximum absolute atomic E-state index is 12.8. The van der Waals surface area contributed by atoms with Gasteiger partial charge in [0.05, 0.1) is 20.5 Å². The van der Waals surface area contributed by atoms with E-state index in [1.54, 1.807) is 44.7 Å². The van der Waals surface area contributed by atoms with Crippen LogP contribution in [0, 0.1) is 0 Å². The first-order chi connectivity index (χ1) is 16.9. The number of amides is 2. The maximum atomic E-state index is 12.8. The summed E-state index contributed by atoms with van der Waals surface area (Å²) >= 11 is 0. The lowest BCUT2D eigenvalue weighted by Crippen LogP contribution is -2.10. The first kappa shape index (κ1) is 23.6. The average Bonchev–Trinajstić information content (AvgIpc) is 3.25. The smallest absolute Gasteiger partial charge is 0.248 e. The lowest BCUT2D eigenvalue weighted by atomic mass is 9.99. The molecule has 4 rings (SSSR count). The van der Waals surface area contributed by atoms with Crippen molar-refractivity contribution in [2.45, 2.75) is 13.8 Å². The SMILES string of the molecule is COc1cccc(-c2coc3cc(OC)c(/C(C)=C/C(=O)Nc4cccc(NC(C)=O)c4)cc23)c1. The van der Waals surface area contributed by atoms with Crippen molar-refractivity contribution in [3.05, 3.63) is 78.6 Å². The number of carbonyl (C=O) groups is 2. The first-order valence-corrected chi connectivity index (χ1v) is 11.0. The summed E-state index contributed by atoms with van der Waals surface area (Å²) in [6.45, 7) is 3.28. The van der Waals surface area contributed by atoms with Crippen LogP contribution in [0.2, 0.25) is 0 Å². The van der Waals surface area contributed by atoms with Gasteiger partial charge in [-0.3, -0.25) is 9.59 Å². The fourth-order valence-electron chi connectivity index (χ4n) is 3.88. The summed E-state index contributed by atoms with van der Waals surface area (Å²) in [6, 6.07) is 18.5. The van der Waals surface area contributed by atoms with E-state index in [-0.39, 0.29) is 11.8 Å². The summed E-state index contributed by atoms with van der Waals surface area (Å²) in [5.41, 5.74) is 5.21. The topological polar surface area (TPSA) is 89.8 Å². The molecular weight excluding hydrogens is 444 g/mol. The van der Waals surface area contributed by atoms with Gasteiger partial charge in [-0.05, 0) is 54.5 Å². The minimum atomic E-state index is -0.301. The van der Waals surface area contributed by atoms with Crippen LogP contribution in [0.3, 0.4) is 0 Å². The van der Waals surface area contributed by atoms with E-state index in [2.05, 4.69) is 10.6 Å². The van der Waals surface area contributed by atoms with Gasteiger partial charge in [0.15, 0.2) is 0 Å². The van der Waals surface area contributed by atoms with Gasteiger partial charge in [0.25, 0.3) is 0 Å². The number of ether oxygens (including phenoxy) is 2. The van der Waals surface area contributed by atoms with Gasteiger partial charge in [-0.25, -0.2) is 0 Å². The van der Waals surface area contributed by atoms with Gasteiger partial charge >= 0.3 is 0 Å². The number of anilines is 2. The Balaban J connectivity index is 1.66. The molecule has 1 heterocycles. The van der Waals surface area contributed by atoms with E-state index < -0.39 is 0 Å². The molecule has 4 aromatic rings. The highest BCUT2D eigenvalue weighted by molar-refractivity contribution is 6.05. The molecule has 0 aliphatic heterocycles. The molecule has 3 aromatic carbocycles. The lowest BCUT2D eigenvalue weighted by Gasteiger charge is -2.11. The van der Waals surface area contributed by atoms with E-state index in [9.17, 15) is 9.59 Å². The fraction of sp³-hybridized carbons (Fsp3) is 0.143. The summed E-state index contributed by atoms with van der Waals surface area (Å²) in [6.07, 6.45) is 3.22. The summed E-state index contributed by atoms with van der Waals surface area (Å²) in [7, 11) is 3.21. The van der Waals surface area contributed by atoms with E-state index in [0.29, 0.717) is 22.7 Å². The average molecular weight is 471 g/mol. The Morgan fingerprint density at radius 2 is 1.63 bits per heavy atom. The van der Waals surface area contributed by atoms with E-state index in [1.165, 1.54) is 13.0 Å². The summed E-state index contributed by atoms with van der Waals surface area (Å²) < 4.78 is 16.7. The molecule has 0 aliphatic carbocycles. The number of furan rings is 1. The van der Waals surface area contributed by atoms with Gasteiger partial charge in [0, 0.05) is 47.0 Å². The predicted octanol–water partition coefficient (Wildman–Crippen LogP) is 6.12. The van der Waals surface area contributed by atoms with E-state index in [1.807, 2.05) is 43.3 Å². The molecule has 178 valence electrons. The predicted molar refractivity (Wildman–Crippen MR) is 138 cm³/mol. The second kappa shape index (κ2) is 10.2. The van der Waals surface area contributed by atoms with Crippen LogP contribution >= 0.6 is 0 Å². The second-order valence-electron chi connectivity index (χ2n) is 8.01. The third kappa shape index (κ3) is 5.35. The molecule has 0 saturated heterocycles. The normalized spacial score (nSPS) is 11.3. The Morgan fingerprint density at radius 3 is 2.34 bits per heavy atom. The molecule has 2 N–H and O–H groups in total. The van der Waals surface area contributed by atoms with Crippen LogP contribution < -0.4 is 20.1 Å². The Kier molecular flexibility index (Phi) is 6.87. The molecule has 0 unspecified atom stereocenters.